The zero-order valence-electron chi connectivity index (χ0n) is 12.7. The molecule has 1 aromatic heterocycles. The van der Waals surface area contributed by atoms with Crippen LogP contribution in [0.2, 0.25) is 5.02 Å². The third-order valence-electron chi connectivity index (χ3n) is 4.06. The molecule has 3 aromatic rings. The minimum absolute atomic E-state index is 0.230. The van der Waals surface area contributed by atoms with Crippen molar-refractivity contribution in [3.8, 4) is 5.75 Å². The highest BCUT2D eigenvalue weighted by atomic mass is 35.5. The molecule has 0 radical (unpaired) electrons. The van der Waals surface area contributed by atoms with Crippen molar-refractivity contribution in [1.82, 2.24) is 9.88 Å². The van der Waals surface area contributed by atoms with Gasteiger partial charge in [-0.15, -0.1) is 0 Å². The number of rotatable bonds is 4. The van der Waals surface area contributed by atoms with E-state index in [1.807, 2.05) is 36.4 Å². The molecule has 0 aliphatic carbocycles. The van der Waals surface area contributed by atoms with Crippen LogP contribution in [0.5, 0.6) is 5.75 Å². The van der Waals surface area contributed by atoms with Crippen LogP contribution < -0.4 is 4.74 Å². The average molecular weight is 325 g/mol. The first kappa shape index (κ1) is 14.5. The molecule has 3 nitrogen and oxygen atoms in total. The smallest absolute Gasteiger partial charge is 0.124 e. The van der Waals surface area contributed by atoms with Crippen LogP contribution in [0, 0.1) is 0 Å². The van der Waals surface area contributed by atoms with Gasteiger partial charge in [0.25, 0.3) is 0 Å². The summed E-state index contributed by atoms with van der Waals surface area (Å²) in [7, 11) is 0. The molecule has 2 aromatic carbocycles. The lowest BCUT2D eigenvalue weighted by molar-refractivity contribution is 0.0139. The number of hydrogen-bond donors (Lipinski definition) is 0. The number of para-hydroxylation sites is 1. The van der Waals surface area contributed by atoms with Crippen LogP contribution in [0.15, 0.2) is 60.7 Å². The zero-order valence-corrected chi connectivity index (χ0v) is 13.4. The predicted molar refractivity (Wildman–Crippen MR) is 92.9 cm³/mol. The summed E-state index contributed by atoms with van der Waals surface area (Å²) < 4.78 is 5.92. The van der Waals surface area contributed by atoms with Crippen LogP contribution in [0.3, 0.4) is 0 Å². The number of pyridine rings is 1. The molecule has 0 atom stereocenters. The highest BCUT2D eigenvalue weighted by Gasteiger charge is 2.28. The zero-order chi connectivity index (χ0) is 15.6. The Hall–Kier alpha value is -2.10. The summed E-state index contributed by atoms with van der Waals surface area (Å²) >= 11 is 5.97. The summed E-state index contributed by atoms with van der Waals surface area (Å²) in [6.45, 7) is 2.70. The maximum Gasteiger partial charge on any atom is 0.124 e. The summed E-state index contributed by atoms with van der Waals surface area (Å²) in [5.74, 6) is 0.839. The van der Waals surface area contributed by atoms with Crippen molar-refractivity contribution < 1.29 is 4.74 Å². The lowest BCUT2D eigenvalue weighted by atomic mass is 10.1. The average Bonchev–Trinajstić information content (AvgIpc) is 2.53. The van der Waals surface area contributed by atoms with Crippen LogP contribution in [0.25, 0.3) is 10.9 Å². The molecule has 0 bridgehead atoms. The molecule has 4 heteroatoms. The first-order chi connectivity index (χ1) is 11.3. The number of aromatic nitrogens is 1. The quantitative estimate of drug-likeness (QED) is 0.721. The maximum absolute atomic E-state index is 5.97. The summed E-state index contributed by atoms with van der Waals surface area (Å²) in [4.78, 5) is 7.06. The van der Waals surface area contributed by atoms with E-state index >= 15 is 0 Å². The van der Waals surface area contributed by atoms with E-state index in [2.05, 4.69) is 29.2 Å². The number of halogens is 1. The van der Waals surface area contributed by atoms with Gasteiger partial charge in [0.1, 0.15) is 11.9 Å². The van der Waals surface area contributed by atoms with Gasteiger partial charge in [0.05, 0.1) is 11.2 Å². The molecule has 1 aliphatic heterocycles. The second-order valence-corrected chi connectivity index (χ2v) is 6.32. The second-order valence-electron chi connectivity index (χ2n) is 5.89. The molecular weight excluding hydrogens is 308 g/mol. The van der Waals surface area contributed by atoms with Gasteiger partial charge in [0, 0.05) is 30.0 Å². The SMILES string of the molecule is Clc1cccc(OC2CN(Cc3ccc4ccccc4n3)C2)c1. The van der Waals surface area contributed by atoms with Gasteiger partial charge >= 0.3 is 0 Å². The van der Waals surface area contributed by atoms with Crippen LogP contribution in [0.4, 0.5) is 0 Å². The third kappa shape index (κ3) is 3.31. The molecule has 0 N–H and O–H groups in total. The highest BCUT2D eigenvalue weighted by Crippen LogP contribution is 2.22. The lowest BCUT2D eigenvalue weighted by Gasteiger charge is -2.38. The third-order valence-corrected chi connectivity index (χ3v) is 4.30. The molecule has 1 fully saturated rings. The first-order valence-electron chi connectivity index (χ1n) is 7.75. The number of likely N-dealkylation sites (tertiary alicyclic amines) is 1. The summed E-state index contributed by atoms with van der Waals surface area (Å²) in [6, 6.07) is 20.0. The molecule has 116 valence electrons. The van der Waals surface area contributed by atoms with Crippen molar-refractivity contribution in [3.05, 3.63) is 71.4 Å². The minimum Gasteiger partial charge on any atom is -0.488 e. The van der Waals surface area contributed by atoms with Gasteiger partial charge in [-0.2, -0.15) is 0 Å². The van der Waals surface area contributed by atoms with E-state index in [4.69, 9.17) is 21.3 Å². The molecule has 0 saturated carbocycles. The van der Waals surface area contributed by atoms with E-state index in [9.17, 15) is 0 Å². The first-order valence-corrected chi connectivity index (χ1v) is 8.13. The number of benzene rings is 2. The van der Waals surface area contributed by atoms with Crippen molar-refractivity contribution in [3.63, 3.8) is 0 Å². The van der Waals surface area contributed by atoms with Crippen molar-refractivity contribution >= 4 is 22.5 Å². The van der Waals surface area contributed by atoms with Crippen LogP contribution in [-0.4, -0.2) is 29.1 Å². The van der Waals surface area contributed by atoms with Gasteiger partial charge in [-0.25, -0.2) is 0 Å². The topological polar surface area (TPSA) is 25.4 Å². The van der Waals surface area contributed by atoms with Gasteiger partial charge < -0.3 is 4.74 Å². The molecule has 4 rings (SSSR count). The normalized spacial score (nSPS) is 15.5. The molecule has 0 spiro atoms. The van der Waals surface area contributed by atoms with E-state index in [0.29, 0.717) is 5.02 Å². The fourth-order valence-electron chi connectivity index (χ4n) is 2.88. The van der Waals surface area contributed by atoms with E-state index < -0.39 is 0 Å². The van der Waals surface area contributed by atoms with E-state index in [-0.39, 0.29) is 6.10 Å². The molecule has 1 aliphatic rings. The Labute approximate surface area is 140 Å². The van der Waals surface area contributed by atoms with Crippen LogP contribution in [-0.2, 0) is 6.54 Å². The Kier molecular flexibility index (Phi) is 3.90. The van der Waals surface area contributed by atoms with Crippen molar-refractivity contribution in [2.75, 3.05) is 13.1 Å². The van der Waals surface area contributed by atoms with Gasteiger partial charge in [-0.3, -0.25) is 9.88 Å². The lowest BCUT2D eigenvalue weighted by Crippen LogP contribution is -2.53. The number of hydrogen-bond acceptors (Lipinski definition) is 3. The maximum atomic E-state index is 5.97. The predicted octanol–water partition coefficient (Wildman–Crippen LogP) is 4.15. The molecule has 2 heterocycles. The number of nitrogens with zero attached hydrogens (tertiary/aromatic N) is 2. The fourth-order valence-corrected chi connectivity index (χ4v) is 3.06. The molecule has 1 saturated heterocycles. The Morgan fingerprint density at radius 3 is 2.78 bits per heavy atom. The summed E-state index contributed by atoms with van der Waals surface area (Å²) in [5.41, 5.74) is 2.15. The van der Waals surface area contributed by atoms with Gasteiger partial charge in [0.15, 0.2) is 0 Å². The summed E-state index contributed by atoms with van der Waals surface area (Å²) in [5, 5.41) is 1.89. The molecule has 0 unspecified atom stereocenters. The number of fused-ring (bicyclic) bond motifs is 1. The fraction of sp³-hybridized carbons (Fsp3) is 0.211. The molecule has 0 amide bonds. The Bertz CT molecular complexity index is 830. The second kappa shape index (κ2) is 6.19. The Balaban J connectivity index is 1.34. The highest BCUT2D eigenvalue weighted by molar-refractivity contribution is 6.30. The largest absolute Gasteiger partial charge is 0.488 e. The standard InChI is InChI=1S/C19H17ClN2O/c20-15-5-3-6-17(10-15)23-18-12-22(13-18)11-16-9-8-14-4-1-2-7-19(14)21-16/h1-10,18H,11-13H2. The Morgan fingerprint density at radius 1 is 1.04 bits per heavy atom. The van der Waals surface area contributed by atoms with Crippen molar-refractivity contribution in [1.29, 1.82) is 0 Å². The summed E-state index contributed by atoms with van der Waals surface area (Å²) in [6.07, 6.45) is 0.230. The minimum atomic E-state index is 0.230. The van der Waals surface area contributed by atoms with Crippen LogP contribution >= 0.6 is 11.6 Å². The van der Waals surface area contributed by atoms with Crippen LogP contribution in [0.1, 0.15) is 5.69 Å². The molecular formula is C19H17ClN2O. The van der Waals surface area contributed by atoms with E-state index in [0.717, 1.165) is 36.6 Å². The Morgan fingerprint density at radius 2 is 1.91 bits per heavy atom. The van der Waals surface area contributed by atoms with Crippen molar-refractivity contribution in [2.24, 2.45) is 0 Å². The van der Waals surface area contributed by atoms with Gasteiger partial charge in [-0.1, -0.05) is 41.9 Å². The van der Waals surface area contributed by atoms with Gasteiger partial charge in [0.2, 0.25) is 0 Å². The number of ether oxygens (including phenoxy) is 1. The van der Waals surface area contributed by atoms with Crippen molar-refractivity contribution in [2.45, 2.75) is 12.6 Å². The van der Waals surface area contributed by atoms with Gasteiger partial charge in [-0.05, 0) is 30.3 Å². The van der Waals surface area contributed by atoms with E-state index in [1.165, 1.54) is 5.39 Å². The molecule has 23 heavy (non-hydrogen) atoms. The van der Waals surface area contributed by atoms with E-state index in [1.54, 1.807) is 0 Å². The monoisotopic (exact) mass is 324 g/mol.